The second kappa shape index (κ2) is 22.1. The van der Waals surface area contributed by atoms with E-state index in [0.29, 0.717) is 6.61 Å². The van der Waals surface area contributed by atoms with Gasteiger partial charge in [-0.05, 0) is 12.8 Å². The number of sulfone groups is 1. The van der Waals surface area contributed by atoms with Crippen molar-refractivity contribution in [3.05, 3.63) is 0 Å². The minimum Gasteiger partial charge on any atom is -0.394 e. The summed E-state index contributed by atoms with van der Waals surface area (Å²) in [5.74, 6) is 0.180. The molecule has 4 nitrogen and oxygen atoms in total. The average molecular weight is 449 g/mol. The molecule has 182 valence electrons. The van der Waals surface area contributed by atoms with E-state index in [1.165, 1.54) is 83.5 Å². The Labute approximate surface area is 188 Å². The number of hydrogen-bond acceptors (Lipinski definition) is 4. The maximum absolute atomic E-state index is 12.3. The van der Waals surface area contributed by atoms with Crippen LogP contribution >= 0.6 is 0 Å². The summed E-state index contributed by atoms with van der Waals surface area (Å²) >= 11 is 0. The zero-order chi connectivity index (χ0) is 22.3. The van der Waals surface area contributed by atoms with Gasteiger partial charge in [0.15, 0.2) is 9.84 Å². The van der Waals surface area contributed by atoms with Crippen molar-refractivity contribution in [1.29, 1.82) is 0 Å². The van der Waals surface area contributed by atoms with Crippen molar-refractivity contribution < 1.29 is 18.3 Å². The molecular formula is C25H52O4S. The van der Waals surface area contributed by atoms with Crippen LogP contribution < -0.4 is 0 Å². The largest absolute Gasteiger partial charge is 0.394 e. The van der Waals surface area contributed by atoms with E-state index < -0.39 is 15.9 Å². The number of unbranched alkanes of at least 4 members (excludes halogenated alkanes) is 16. The second-order valence-electron chi connectivity index (χ2n) is 8.95. The van der Waals surface area contributed by atoms with Gasteiger partial charge in [-0.15, -0.1) is 0 Å². The quantitative estimate of drug-likeness (QED) is 0.164. The summed E-state index contributed by atoms with van der Waals surface area (Å²) in [7, 11) is -3.15. The van der Waals surface area contributed by atoms with Crippen LogP contribution in [0.15, 0.2) is 0 Å². The lowest BCUT2D eigenvalue weighted by molar-refractivity contribution is 0.0250. The maximum Gasteiger partial charge on any atom is 0.152 e. The zero-order valence-electron chi connectivity index (χ0n) is 20.2. The van der Waals surface area contributed by atoms with Gasteiger partial charge in [0.2, 0.25) is 0 Å². The van der Waals surface area contributed by atoms with Crippen LogP contribution in [0.2, 0.25) is 0 Å². The van der Waals surface area contributed by atoms with Crippen molar-refractivity contribution in [1.82, 2.24) is 0 Å². The molecule has 0 aromatic carbocycles. The SMILES string of the molecule is CCCCCCCCCCCCS(=O)(=O)CC(CO)OCCCCCCCCCC. The van der Waals surface area contributed by atoms with Gasteiger partial charge in [0.1, 0.15) is 0 Å². The molecule has 0 aromatic heterocycles. The first-order valence-electron chi connectivity index (χ1n) is 13.0. The number of hydrogen-bond donors (Lipinski definition) is 1. The summed E-state index contributed by atoms with van der Waals surface area (Å²) in [6.45, 7) is 4.80. The topological polar surface area (TPSA) is 63.6 Å². The molecule has 0 heterocycles. The summed E-state index contributed by atoms with van der Waals surface area (Å²) in [4.78, 5) is 0. The summed E-state index contributed by atoms with van der Waals surface area (Å²) in [6.07, 6.45) is 21.2. The maximum atomic E-state index is 12.3. The third-order valence-electron chi connectivity index (χ3n) is 5.80. The average Bonchev–Trinajstić information content (AvgIpc) is 2.73. The van der Waals surface area contributed by atoms with E-state index in [-0.39, 0.29) is 18.1 Å². The summed E-state index contributed by atoms with van der Waals surface area (Å²) in [5.41, 5.74) is 0. The highest BCUT2D eigenvalue weighted by molar-refractivity contribution is 7.91. The van der Waals surface area contributed by atoms with E-state index in [4.69, 9.17) is 4.74 Å². The molecule has 0 rings (SSSR count). The Bertz CT molecular complexity index is 436. The Balaban J connectivity index is 3.66. The minimum absolute atomic E-state index is 0.0437. The van der Waals surface area contributed by atoms with Crippen LogP contribution in [0.3, 0.4) is 0 Å². The van der Waals surface area contributed by atoms with Crippen LogP contribution in [-0.4, -0.2) is 44.3 Å². The highest BCUT2D eigenvalue weighted by atomic mass is 32.2. The van der Waals surface area contributed by atoms with Gasteiger partial charge in [0.25, 0.3) is 0 Å². The number of aliphatic hydroxyl groups is 1. The summed E-state index contributed by atoms with van der Waals surface area (Å²) in [6, 6.07) is 0. The van der Waals surface area contributed by atoms with E-state index in [9.17, 15) is 13.5 Å². The van der Waals surface area contributed by atoms with Crippen molar-refractivity contribution in [2.75, 3.05) is 24.7 Å². The molecule has 0 amide bonds. The van der Waals surface area contributed by atoms with Crippen LogP contribution in [0.1, 0.15) is 129 Å². The van der Waals surface area contributed by atoms with Gasteiger partial charge in [-0.2, -0.15) is 0 Å². The highest BCUT2D eigenvalue weighted by Gasteiger charge is 2.19. The van der Waals surface area contributed by atoms with Gasteiger partial charge in [0.05, 0.1) is 24.2 Å². The lowest BCUT2D eigenvalue weighted by Gasteiger charge is -2.15. The number of ether oxygens (including phenoxy) is 1. The molecule has 0 saturated heterocycles. The number of aliphatic hydroxyl groups excluding tert-OH is 1. The van der Waals surface area contributed by atoms with Gasteiger partial charge in [0, 0.05) is 6.61 Å². The first-order valence-corrected chi connectivity index (χ1v) is 14.8. The summed E-state index contributed by atoms with van der Waals surface area (Å²) < 4.78 is 30.3. The smallest absolute Gasteiger partial charge is 0.152 e. The van der Waals surface area contributed by atoms with Gasteiger partial charge in [-0.1, -0.05) is 117 Å². The van der Waals surface area contributed by atoms with E-state index in [2.05, 4.69) is 13.8 Å². The molecule has 0 aliphatic carbocycles. The molecule has 1 atom stereocenters. The van der Waals surface area contributed by atoms with E-state index in [0.717, 1.165) is 32.1 Å². The Kier molecular flexibility index (Phi) is 22.0. The van der Waals surface area contributed by atoms with Crippen molar-refractivity contribution in [3.63, 3.8) is 0 Å². The molecule has 0 fully saturated rings. The first-order chi connectivity index (χ1) is 14.6. The predicted octanol–water partition coefficient (Wildman–Crippen LogP) is 6.84. The molecule has 0 bridgehead atoms. The van der Waals surface area contributed by atoms with E-state index in [1.807, 2.05) is 0 Å². The monoisotopic (exact) mass is 448 g/mol. The standard InChI is InChI=1S/C25H52O4S/c1-3-5-7-9-11-13-14-16-18-20-22-30(27,28)24-25(23-26)29-21-19-17-15-12-10-8-6-4-2/h25-26H,3-24H2,1-2H3. The van der Waals surface area contributed by atoms with Crippen molar-refractivity contribution in [2.24, 2.45) is 0 Å². The molecule has 1 N–H and O–H groups in total. The fraction of sp³-hybridized carbons (Fsp3) is 1.00. The number of rotatable bonds is 24. The predicted molar refractivity (Wildman–Crippen MR) is 130 cm³/mol. The Hall–Kier alpha value is -0.130. The van der Waals surface area contributed by atoms with Crippen LogP contribution in [0.25, 0.3) is 0 Å². The molecular weight excluding hydrogens is 396 g/mol. The van der Waals surface area contributed by atoms with E-state index >= 15 is 0 Å². The van der Waals surface area contributed by atoms with Gasteiger partial charge in [-0.3, -0.25) is 0 Å². The second-order valence-corrected chi connectivity index (χ2v) is 11.2. The Morgan fingerprint density at radius 1 is 0.633 bits per heavy atom. The van der Waals surface area contributed by atoms with Gasteiger partial charge in [-0.25, -0.2) is 8.42 Å². The van der Waals surface area contributed by atoms with Crippen LogP contribution in [0.4, 0.5) is 0 Å². The Morgan fingerprint density at radius 2 is 1.03 bits per heavy atom. The van der Waals surface area contributed by atoms with Gasteiger partial charge >= 0.3 is 0 Å². The molecule has 0 spiro atoms. The lowest BCUT2D eigenvalue weighted by atomic mass is 10.1. The minimum atomic E-state index is -3.15. The summed E-state index contributed by atoms with van der Waals surface area (Å²) in [5, 5.41) is 9.47. The third-order valence-corrected chi connectivity index (χ3v) is 7.59. The normalized spacial score (nSPS) is 13.0. The lowest BCUT2D eigenvalue weighted by Crippen LogP contribution is -2.29. The van der Waals surface area contributed by atoms with Crippen molar-refractivity contribution in [2.45, 2.75) is 136 Å². The van der Waals surface area contributed by atoms with E-state index in [1.54, 1.807) is 0 Å². The van der Waals surface area contributed by atoms with Crippen molar-refractivity contribution >= 4 is 9.84 Å². The van der Waals surface area contributed by atoms with Crippen LogP contribution in [0, 0.1) is 0 Å². The highest BCUT2D eigenvalue weighted by Crippen LogP contribution is 2.12. The third kappa shape index (κ3) is 21.1. The molecule has 30 heavy (non-hydrogen) atoms. The molecule has 0 aromatic rings. The van der Waals surface area contributed by atoms with Gasteiger partial charge < -0.3 is 9.84 Å². The fourth-order valence-corrected chi connectivity index (χ4v) is 5.39. The molecule has 0 saturated carbocycles. The van der Waals surface area contributed by atoms with Crippen LogP contribution in [-0.2, 0) is 14.6 Å². The molecule has 0 aliphatic rings. The van der Waals surface area contributed by atoms with Crippen LogP contribution in [0.5, 0.6) is 0 Å². The molecule has 1 unspecified atom stereocenters. The fourth-order valence-electron chi connectivity index (χ4n) is 3.82. The zero-order valence-corrected chi connectivity index (χ0v) is 21.0. The first kappa shape index (κ1) is 29.9. The van der Waals surface area contributed by atoms with Crippen molar-refractivity contribution in [3.8, 4) is 0 Å². The molecule has 0 aliphatic heterocycles. The Morgan fingerprint density at radius 3 is 1.47 bits per heavy atom. The molecule has 5 heteroatoms. The molecule has 0 radical (unpaired) electrons.